The van der Waals surface area contributed by atoms with Crippen molar-refractivity contribution in [2.24, 2.45) is 0 Å². The number of benzene rings is 3. The third kappa shape index (κ3) is 10.5. The first-order chi connectivity index (χ1) is 25.3. The number of ether oxygens (including phenoxy) is 1. The number of carbonyl (C=O) groups is 3. The first kappa shape index (κ1) is 41.5. The number of carboxylic acids is 1. The fourth-order valence-corrected chi connectivity index (χ4v) is 8.69. The summed E-state index contributed by atoms with van der Waals surface area (Å²) in [5.74, 6) is -2.54. The average Bonchev–Trinajstić information content (AvgIpc) is 3.23. The molecule has 1 aliphatic heterocycles. The lowest BCUT2D eigenvalue weighted by Crippen LogP contribution is -2.53. The standard InChI is InChI=1S/C39H52N4O8S2/c1-6-9-21-39(22-10-7-2)25-43(28-15-12-11-13-16-28)31-23-33(52-5)32(24-34(31)53(49,50)42-39)51-26(4)36(45)41-35(27-17-19-29(44)20-18-27)37(46)40-30(14-8-3)38(47)48/h11-13,15-20,23-24,26,30,35,42,44H,6-10,14,21-22,25H2,1-5H3,(H,40,46)(H,41,45)(H,47,48)/t26?,30-,35+/m0/s1. The van der Waals surface area contributed by atoms with Crippen LogP contribution in [0.5, 0.6) is 11.5 Å². The van der Waals surface area contributed by atoms with E-state index in [2.05, 4.69) is 34.1 Å². The predicted molar refractivity (Wildman–Crippen MR) is 207 cm³/mol. The van der Waals surface area contributed by atoms with Crippen LogP contribution in [-0.4, -0.2) is 66.9 Å². The van der Waals surface area contributed by atoms with Crippen LogP contribution >= 0.6 is 11.8 Å². The Morgan fingerprint density at radius 2 is 1.58 bits per heavy atom. The Kier molecular flexibility index (Phi) is 14.6. The predicted octanol–water partition coefficient (Wildman–Crippen LogP) is 6.66. The minimum Gasteiger partial charge on any atom is -0.508 e. The van der Waals surface area contributed by atoms with Crippen molar-refractivity contribution < 1.29 is 37.8 Å². The number of sulfonamides is 1. The van der Waals surface area contributed by atoms with Crippen molar-refractivity contribution in [2.75, 3.05) is 17.7 Å². The number of phenolic OH excluding ortho intramolecular Hbond substituents is 1. The average molecular weight is 769 g/mol. The Bertz CT molecular complexity index is 1810. The Hall–Kier alpha value is -4.27. The summed E-state index contributed by atoms with van der Waals surface area (Å²) in [4.78, 5) is 41.7. The second kappa shape index (κ2) is 18.7. The molecule has 0 saturated carbocycles. The van der Waals surface area contributed by atoms with E-state index in [4.69, 9.17) is 4.74 Å². The van der Waals surface area contributed by atoms with Crippen LogP contribution in [0.1, 0.15) is 90.7 Å². The van der Waals surface area contributed by atoms with Crippen molar-refractivity contribution in [3.63, 3.8) is 0 Å². The van der Waals surface area contributed by atoms with Gasteiger partial charge in [-0.2, -0.15) is 0 Å². The first-order valence-corrected chi connectivity index (χ1v) is 20.9. The first-order valence-electron chi connectivity index (χ1n) is 18.2. The van der Waals surface area contributed by atoms with Crippen molar-refractivity contribution in [3.05, 3.63) is 72.3 Å². The quantitative estimate of drug-likeness (QED) is 0.0881. The summed E-state index contributed by atoms with van der Waals surface area (Å²) in [5, 5.41) is 24.6. The molecule has 3 atom stereocenters. The number of amides is 2. The molecule has 0 bridgehead atoms. The van der Waals surface area contributed by atoms with Gasteiger partial charge in [-0.15, -0.1) is 11.8 Å². The van der Waals surface area contributed by atoms with Crippen LogP contribution < -0.4 is 25.0 Å². The molecule has 1 unspecified atom stereocenters. The van der Waals surface area contributed by atoms with E-state index in [-0.39, 0.29) is 22.8 Å². The van der Waals surface area contributed by atoms with Gasteiger partial charge >= 0.3 is 5.97 Å². The van der Waals surface area contributed by atoms with Crippen molar-refractivity contribution in [1.29, 1.82) is 0 Å². The molecule has 3 aromatic rings. The van der Waals surface area contributed by atoms with Crippen LogP contribution in [0.2, 0.25) is 0 Å². The molecule has 0 aromatic heterocycles. The number of hydrogen-bond donors (Lipinski definition) is 5. The normalized spacial score (nSPS) is 16.4. The Labute approximate surface area is 317 Å². The molecule has 0 saturated heterocycles. The van der Waals surface area contributed by atoms with Crippen LogP contribution in [0.15, 0.2) is 76.5 Å². The molecule has 0 aliphatic carbocycles. The van der Waals surface area contributed by atoms with Gasteiger partial charge in [0, 0.05) is 18.3 Å². The number of fused-ring (bicyclic) bond motifs is 1. The van der Waals surface area contributed by atoms with E-state index in [1.807, 2.05) is 36.6 Å². The fourth-order valence-electron chi connectivity index (χ4n) is 6.49. The highest BCUT2D eigenvalue weighted by molar-refractivity contribution is 7.98. The van der Waals surface area contributed by atoms with Gasteiger partial charge in [0.25, 0.3) is 5.91 Å². The minimum atomic E-state index is -4.09. The number of thioether (sulfide) groups is 1. The Balaban J connectivity index is 1.72. The van der Waals surface area contributed by atoms with E-state index in [9.17, 15) is 33.0 Å². The van der Waals surface area contributed by atoms with Gasteiger partial charge in [-0.1, -0.05) is 83.2 Å². The summed E-state index contributed by atoms with van der Waals surface area (Å²) in [6.07, 6.45) is 6.16. The molecule has 53 heavy (non-hydrogen) atoms. The van der Waals surface area contributed by atoms with E-state index < -0.39 is 51.5 Å². The number of aliphatic carboxylic acids is 1. The van der Waals surface area contributed by atoms with Crippen LogP contribution in [0.4, 0.5) is 11.4 Å². The van der Waals surface area contributed by atoms with E-state index in [0.717, 1.165) is 31.4 Å². The number of carbonyl (C=O) groups excluding carboxylic acids is 2. The van der Waals surface area contributed by atoms with Crippen LogP contribution in [0, 0.1) is 0 Å². The molecule has 4 rings (SSSR count). The van der Waals surface area contributed by atoms with Crippen LogP contribution in [0.3, 0.4) is 0 Å². The maximum absolute atomic E-state index is 14.4. The zero-order valence-electron chi connectivity index (χ0n) is 31.1. The SMILES string of the molecule is CCCCC1(CCCC)CN(c2ccccc2)c2cc(SC)c(OC(C)C(=O)N[C@@H](C(=O)N[C@@H](CCC)C(=O)O)c3ccc(O)cc3)cc2S(=O)(=O)N1. The van der Waals surface area contributed by atoms with Crippen molar-refractivity contribution in [3.8, 4) is 11.5 Å². The zero-order valence-corrected chi connectivity index (χ0v) is 32.7. The maximum atomic E-state index is 14.4. The summed E-state index contributed by atoms with van der Waals surface area (Å²) < 4.78 is 38.1. The summed E-state index contributed by atoms with van der Waals surface area (Å²) in [5.41, 5.74) is 0.926. The number of anilines is 2. The number of phenols is 1. The van der Waals surface area contributed by atoms with Gasteiger partial charge in [0.1, 0.15) is 28.5 Å². The largest absolute Gasteiger partial charge is 0.508 e. The van der Waals surface area contributed by atoms with E-state index in [0.29, 0.717) is 42.0 Å². The highest BCUT2D eigenvalue weighted by atomic mass is 32.2. The minimum absolute atomic E-state index is 0.0219. The smallest absolute Gasteiger partial charge is 0.326 e. The third-order valence-electron chi connectivity index (χ3n) is 9.36. The summed E-state index contributed by atoms with van der Waals surface area (Å²) in [6.45, 7) is 7.89. The fraction of sp³-hybridized carbons (Fsp3) is 0.462. The van der Waals surface area contributed by atoms with Crippen molar-refractivity contribution in [2.45, 2.75) is 113 Å². The number of hydrogen-bond acceptors (Lipinski definition) is 9. The van der Waals surface area contributed by atoms with E-state index in [1.54, 1.807) is 13.0 Å². The maximum Gasteiger partial charge on any atom is 0.326 e. The number of aromatic hydroxyl groups is 1. The number of nitrogens with one attached hydrogen (secondary N) is 3. The number of unbranched alkanes of at least 4 members (excludes halogenated alkanes) is 2. The summed E-state index contributed by atoms with van der Waals surface area (Å²) in [7, 11) is -4.09. The van der Waals surface area contributed by atoms with Gasteiger partial charge in [-0.3, -0.25) is 9.59 Å². The molecule has 12 nitrogen and oxygen atoms in total. The van der Waals surface area contributed by atoms with Crippen molar-refractivity contribution in [1.82, 2.24) is 15.4 Å². The molecule has 0 fully saturated rings. The Morgan fingerprint density at radius 3 is 2.15 bits per heavy atom. The van der Waals surface area contributed by atoms with Crippen molar-refractivity contribution >= 4 is 50.9 Å². The van der Waals surface area contributed by atoms with Gasteiger partial charge in [-0.05, 0) is 68.3 Å². The van der Waals surface area contributed by atoms with Crippen LogP contribution in [0.25, 0.3) is 0 Å². The van der Waals surface area contributed by atoms with Crippen LogP contribution in [-0.2, 0) is 24.4 Å². The van der Waals surface area contributed by atoms with Gasteiger partial charge in [0.05, 0.1) is 16.1 Å². The number of rotatable bonds is 18. The van der Waals surface area contributed by atoms with Gasteiger partial charge in [0.2, 0.25) is 15.9 Å². The third-order valence-corrected chi connectivity index (χ3v) is 11.7. The molecule has 14 heteroatoms. The molecule has 0 radical (unpaired) electrons. The van der Waals surface area contributed by atoms with Gasteiger partial charge in [0.15, 0.2) is 6.10 Å². The lowest BCUT2D eigenvalue weighted by molar-refractivity contribution is -0.142. The summed E-state index contributed by atoms with van der Waals surface area (Å²) >= 11 is 1.34. The summed E-state index contributed by atoms with van der Waals surface area (Å²) in [6, 6.07) is 16.1. The highest BCUT2D eigenvalue weighted by Gasteiger charge is 2.42. The Morgan fingerprint density at radius 1 is 0.943 bits per heavy atom. The zero-order chi connectivity index (χ0) is 38.8. The lowest BCUT2D eigenvalue weighted by atomic mass is 9.87. The molecule has 0 spiro atoms. The molecular formula is C39H52N4O8S2. The molecule has 5 N–H and O–H groups in total. The van der Waals surface area contributed by atoms with Gasteiger partial charge in [-0.25, -0.2) is 17.9 Å². The number of para-hydroxylation sites is 1. The van der Waals surface area contributed by atoms with E-state index >= 15 is 0 Å². The molecule has 2 amide bonds. The molecule has 1 heterocycles. The highest BCUT2D eigenvalue weighted by Crippen LogP contribution is 2.44. The number of carboxylic acid groups (broad SMARTS) is 1. The van der Waals surface area contributed by atoms with Gasteiger partial charge < -0.3 is 30.5 Å². The topological polar surface area (TPSA) is 174 Å². The molecule has 288 valence electrons. The second-order valence-electron chi connectivity index (χ2n) is 13.5. The second-order valence-corrected chi connectivity index (χ2v) is 16.0. The van der Waals surface area contributed by atoms with E-state index in [1.165, 1.54) is 49.0 Å². The molecule has 3 aromatic carbocycles. The molecule has 1 aliphatic rings. The number of nitrogens with zero attached hydrogens (tertiary/aromatic N) is 1. The monoisotopic (exact) mass is 768 g/mol. The molecular weight excluding hydrogens is 717 g/mol. The lowest BCUT2D eigenvalue weighted by Gasteiger charge is -2.37.